The Kier molecular flexibility index (Phi) is 6.08. The minimum atomic E-state index is -0.0728. The summed E-state index contributed by atoms with van der Waals surface area (Å²) in [6.45, 7) is 26.2. The molecule has 0 heteroatoms. The molecule has 0 radical (unpaired) electrons. The molecule has 2 atom stereocenters. The highest BCUT2D eigenvalue weighted by molar-refractivity contribution is 5.81. The van der Waals surface area contributed by atoms with Crippen LogP contribution in [0.15, 0.2) is 90.0 Å². The Morgan fingerprint density at radius 3 is 1.61 bits per heavy atom. The SMILES string of the molecule is CC(C)(C)C1=CC2C(=C1)C(C)(C)CC2(c1ccccc1)C1c2cc(C(C)(C)C)ccc2-c2ccc(C(C)(C)C)cc21. The van der Waals surface area contributed by atoms with Crippen LogP contribution in [0, 0.1) is 16.7 Å². The maximum Gasteiger partial charge on any atom is 0.0208 e. The molecule has 3 aliphatic rings. The van der Waals surface area contributed by atoms with Crippen molar-refractivity contribution in [1.82, 2.24) is 0 Å². The van der Waals surface area contributed by atoms with Gasteiger partial charge in [0.2, 0.25) is 0 Å². The van der Waals surface area contributed by atoms with Crippen LogP contribution in [0.2, 0.25) is 0 Å². The molecule has 0 amide bonds. The molecule has 41 heavy (non-hydrogen) atoms. The lowest BCUT2D eigenvalue weighted by molar-refractivity contribution is 0.298. The second-order valence-corrected chi connectivity index (χ2v) is 17.0. The minimum absolute atomic E-state index is 0.0728. The molecule has 3 aliphatic carbocycles. The van der Waals surface area contributed by atoms with Crippen LogP contribution >= 0.6 is 0 Å². The van der Waals surface area contributed by atoms with Gasteiger partial charge in [-0.3, -0.25) is 0 Å². The smallest absolute Gasteiger partial charge is 0.0208 e. The Hall–Kier alpha value is -2.86. The zero-order valence-corrected chi connectivity index (χ0v) is 27.4. The summed E-state index contributed by atoms with van der Waals surface area (Å²) in [5.74, 6) is 0.653. The van der Waals surface area contributed by atoms with Crippen LogP contribution in [0.3, 0.4) is 0 Å². The first-order chi connectivity index (χ1) is 18.9. The van der Waals surface area contributed by atoms with Crippen LogP contribution in [-0.2, 0) is 16.2 Å². The number of rotatable bonds is 2. The number of allylic oxidation sites excluding steroid dienone is 4. The number of benzene rings is 3. The largest absolute Gasteiger partial charge is 0.0726 e. The summed E-state index contributed by atoms with van der Waals surface area (Å²) in [6.07, 6.45) is 6.40. The van der Waals surface area contributed by atoms with Crippen molar-refractivity contribution in [1.29, 1.82) is 0 Å². The normalized spacial score (nSPS) is 23.6. The summed E-state index contributed by atoms with van der Waals surface area (Å²) in [6, 6.07) is 26.4. The molecular weight excluding hydrogens is 492 g/mol. The predicted molar refractivity (Wildman–Crippen MR) is 177 cm³/mol. The van der Waals surface area contributed by atoms with Gasteiger partial charge in [-0.1, -0.05) is 161 Å². The van der Waals surface area contributed by atoms with Crippen LogP contribution < -0.4 is 0 Å². The summed E-state index contributed by atoms with van der Waals surface area (Å²) in [5.41, 5.74) is 13.7. The number of hydrogen-bond acceptors (Lipinski definition) is 0. The van der Waals surface area contributed by atoms with Gasteiger partial charge < -0.3 is 0 Å². The molecule has 0 saturated heterocycles. The van der Waals surface area contributed by atoms with E-state index in [0.29, 0.717) is 5.92 Å². The first-order valence-electron chi connectivity index (χ1n) is 15.7. The first kappa shape index (κ1) is 28.3. The Balaban J connectivity index is 1.72. The van der Waals surface area contributed by atoms with E-state index in [2.05, 4.69) is 155 Å². The molecule has 0 N–H and O–H groups in total. The topological polar surface area (TPSA) is 0 Å². The van der Waals surface area contributed by atoms with E-state index in [1.165, 1.54) is 44.5 Å². The van der Waals surface area contributed by atoms with Crippen molar-refractivity contribution in [2.75, 3.05) is 0 Å². The van der Waals surface area contributed by atoms with Gasteiger partial charge in [0.15, 0.2) is 0 Å². The highest BCUT2D eigenvalue weighted by Gasteiger charge is 2.61. The summed E-state index contributed by atoms with van der Waals surface area (Å²) in [4.78, 5) is 0. The Morgan fingerprint density at radius 2 is 1.15 bits per heavy atom. The van der Waals surface area contributed by atoms with Crippen LogP contribution in [0.4, 0.5) is 0 Å². The average Bonchev–Trinajstić information content (AvgIpc) is 3.53. The Morgan fingerprint density at radius 1 is 0.634 bits per heavy atom. The van der Waals surface area contributed by atoms with E-state index >= 15 is 0 Å². The van der Waals surface area contributed by atoms with E-state index in [1.54, 1.807) is 5.57 Å². The lowest BCUT2D eigenvalue weighted by Gasteiger charge is -2.42. The number of hydrogen-bond donors (Lipinski definition) is 0. The van der Waals surface area contributed by atoms with Crippen molar-refractivity contribution in [2.24, 2.45) is 16.7 Å². The molecule has 3 aromatic rings. The predicted octanol–water partition coefficient (Wildman–Crippen LogP) is 11.3. The van der Waals surface area contributed by atoms with Crippen LogP contribution in [0.1, 0.15) is 116 Å². The van der Waals surface area contributed by atoms with Gasteiger partial charge in [-0.25, -0.2) is 0 Å². The van der Waals surface area contributed by atoms with Crippen molar-refractivity contribution in [3.63, 3.8) is 0 Å². The molecule has 214 valence electrons. The molecule has 0 aliphatic heterocycles. The van der Waals surface area contributed by atoms with E-state index in [0.717, 1.165) is 6.42 Å². The van der Waals surface area contributed by atoms with Crippen molar-refractivity contribution in [2.45, 2.75) is 105 Å². The van der Waals surface area contributed by atoms with Gasteiger partial charge in [0.1, 0.15) is 0 Å². The van der Waals surface area contributed by atoms with Crippen LogP contribution in [-0.4, -0.2) is 0 Å². The van der Waals surface area contributed by atoms with Crippen molar-refractivity contribution < 1.29 is 0 Å². The van der Waals surface area contributed by atoms with E-state index in [4.69, 9.17) is 0 Å². The summed E-state index contributed by atoms with van der Waals surface area (Å²) in [7, 11) is 0. The average molecular weight is 543 g/mol. The fourth-order valence-electron chi connectivity index (χ4n) is 8.25. The fourth-order valence-corrected chi connectivity index (χ4v) is 8.25. The van der Waals surface area contributed by atoms with Gasteiger partial charge in [-0.05, 0) is 72.6 Å². The maximum atomic E-state index is 2.68. The quantitative estimate of drug-likeness (QED) is 0.302. The van der Waals surface area contributed by atoms with E-state index in [1.807, 2.05) is 0 Å². The van der Waals surface area contributed by atoms with E-state index in [9.17, 15) is 0 Å². The molecule has 3 aromatic carbocycles. The molecule has 6 rings (SSSR count). The maximum absolute atomic E-state index is 2.68. The lowest BCUT2D eigenvalue weighted by atomic mass is 9.59. The van der Waals surface area contributed by atoms with Crippen molar-refractivity contribution in [3.05, 3.63) is 118 Å². The van der Waals surface area contributed by atoms with Gasteiger partial charge >= 0.3 is 0 Å². The van der Waals surface area contributed by atoms with Crippen LogP contribution in [0.25, 0.3) is 11.1 Å². The molecule has 0 bridgehead atoms. The standard InChI is InChI=1S/C41H50/c1-37(2,3)27-17-19-30-31-20-18-28(38(4,5)6)22-33(31)36(32(30)21-27)41(26-15-13-12-14-16-26)25-40(10,11)34-23-29(24-35(34)41)39(7,8)9/h12-24,35-36H,25H2,1-11H3. The molecule has 1 saturated carbocycles. The third-order valence-electron chi connectivity index (χ3n) is 10.5. The van der Waals surface area contributed by atoms with Gasteiger partial charge in [0.05, 0.1) is 0 Å². The summed E-state index contributed by atoms with van der Waals surface area (Å²) >= 11 is 0. The second-order valence-electron chi connectivity index (χ2n) is 17.0. The number of fused-ring (bicyclic) bond motifs is 4. The molecule has 0 spiro atoms. The molecule has 1 fully saturated rings. The van der Waals surface area contributed by atoms with Gasteiger partial charge in [-0.15, -0.1) is 0 Å². The van der Waals surface area contributed by atoms with Gasteiger partial charge in [0.25, 0.3) is 0 Å². The molecular formula is C41H50. The zero-order valence-electron chi connectivity index (χ0n) is 27.4. The molecule has 2 unspecified atom stereocenters. The Bertz CT molecular complexity index is 1510. The summed E-state index contributed by atoms with van der Waals surface area (Å²) < 4.78 is 0. The second kappa shape index (κ2) is 8.82. The third kappa shape index (κ3) is 4.31. The highest BCUT2D eigenvalue weighted by atomic mass is 14.6. The molecule has 0 aromatic heterocycles. The van der Waals surface area contributed by atoms with Crippen LogP contribution in [0.5, 0.6) is 0 Å². The zero-order chi connectivity index (χ0) is 29.8. The van der Waals surface area contributed by atoms with Crippen molar-refractivity contribution >= 4 is 0 Å². The highest BCUT2D eigenvalue weighted by Crippen LogP contribution is 2.69. The monoisotopic (exact) mass is 542 g/mol. The Labute approximate surface area is 250 Å². The van der Waals surface area contributed by atoms with Crippen molar-refractivity contribution in [3.8, 4) is 11.1 Å². The third-order valence-corrected chi connectivity index (χ3v) is 10.5. The molecule has 0 heterocycles. The van der Waals surface area contributed by atoms with E-state index < -0.39 is 0 Å². The minimum Gasteiger partial charge on any atom is -0.0726 e. The van der Waals surface area contributed by atoms with Gasteiger partial charge in [0, 0.05) is 17.3 Å². The van der Waals surface area contributed by atoms with Gasteiger partial charge in [-0.2, -0.15) is 0 Å². The summed E-state index contributed by atoms with van der Waals surface area (Å²) in [5, 5.41) is 0. The first-order valence-corrected chi connectivity index (χ1v) is 15.7. The molecule has 0 nitrogen and oxygen atoms in total. The van der Waals surface area contributed by atoms with E-state index in [-0.39, 0.29) is 33.0 Å². The lowest BCUT2D eigenvalue weighted by Crippen LogP contribution is -2.37. The fraction of sp³-hybridized carbons (Fsp3) is 0.463.